The predicted octanol–water partition coefficient (Wildman–Crippen LogP) is 2.32. The normalized spacial score (nSPS) is 13.2. The van der Waals surface area contributed by atoms with Crippen molar-refractivity contribution in [2.45, 2.75) is 20.8 Å². The molecule has 0 bridgehead atoms. The molecular formula is C14H18N2O2. The molecule has 2 aromatic rings. The zero-order chi connectivity index (χ0) is 13.3. The van der Waals surface area contributed by atoms with Gasteiger partial charge in [0.25, 0.3) is 0 Å². The van der Waals surface area contributed by atoms with Crippen molar-refractivity contribution in [2.24, 2.45) is 11.8 Å². The number of nitrogens with zero attached hydrogens (tertiary/aromatic N) is 1. The number of hydrogen-bond acceptors (Lipinski definition) is 3. The van der Waals surface area contributed by atoms with Gasteiger partial charge < -0.3 is 10.1 Å². The first-order chi connectivity index (χ1) is 8.52. The number of Topliss-reactive ketones (excluding diaryl/α,β-unsaturated/α-hetero) is 1. The van der Waals surface area contributed by atoms with Gasteiger partial charge in [-0.25, -0.2) is 4.98 Å². The van der Waals surface area contributed by atoms with Gasteiger partial charge in [0.1, 0.15) is 5.82 Å². The molecule has 0 aliphatic rings. The number of imidazole rings is 1. The number of rotatable bonds is 4. The average Bonchev–Trinajstić information content (AvgIpc) is 2.68. The number of aryl methyl sites for hydroxylation is 1. The summed E-state index contributed by atoms with van der Waals surface area (Å²) in [6, 6.07) is 5.42. The Morgan fingerprint density at radius 1 is 1.44 bits per heavy atom. The molecule has 0 saturated carbocycles. The second-order valence-corrected chi connectivity index (χ2v) is 4.95. The van der Waals surface area contributed by atoms with Crippen molar-refractivity contribution < 1.29 is 9.90 Å². The summed E-state index contributed by atoms with van der Waals surface area (Å²) in [5.41, 5.74) is 2.34. The van der Waals surface area contributed by atoms with Crippen LogP contribution >= 0.6 is 0 Å². The first kappa shape index (κ1) is 12.8. The molecule has 0 spiro atoms. The number of aromatic amines is 1. The van der Waals surface area contributed by atoms with E-state index in [0.29, 0.717) is 5.56 Å². The van der Waals surface area contributed by atoms with Crippen molar-refractivity contribution in [1.82, 2.24) is 9.97 Å². The van der Waals surface area contributed by atoms with Crippen LogP contribution in [0.3, 0.4) is 0 Å². The molecule has 0 fully saturated rings. The minimum absolute atomic E-state index is 0.0124. The van der Waals surface area contributed by atoms with Crippen LogP contribution in [0, 0.1) is 18.8 Å². The van der Waals surface area contributed by atoms with Crippen LogP contribution in [0.2, 0.25) is 0 Å². The summed E-state index contributed by atoms with van der Waals surface area (Å²) in [6.45, 7) is 5.65. The van der Waals surface area contributed by atoms with E-state index in [4.69, 9.17) is 0 Å². The highest BCUT2D eigenvalue weighted by molar-refractivity contribution is 6.00. The van der Waals surface area contributed by atoms with E-state index in [0.717, 1.165) is 16.9 Å². The summed E-state index contributed by atoms with van der Waals surface area (Å²) in [6.07, 6.45) is 0. The minimum atomic E-state index is -0.341. The van der Waals surface area contributed by atoms with Gasteiger partial charge in [-0.1, -0.05) is 13.8 Å². The Kier molecular flexibility index (Phi) is 3.48. The van der Waals surface area contributed by atoms with E-state index in [9.17, 15) is 9.90 Å². The van der Waals surface area contributed by atoms with Crippen LogP contribution in [-0.2, 0) is 0 Å². The summed E-state index contributed by atoms with van der Waals surface area (Å²) in [5.74, 6) is 0.604. The fourth-order valence-electron chi connectivity index (χ4n) is 2.10. The molecule has 0 aliphatic carbocycles. The minimum Gasteiger partial charge on any atom is -0.396 e. The smallest absolute Gasteiger partial charge is 0.168 e. The van der Waals surface area contributed by atoms with Crippen LogP contribution in [0.15, 0.2) is 18.2 Å². The molecule has 1 heterocycles. The zero-order valence-corrected chi connectivity index (χ0v) is 10.9. The van der Waals surface area contributed by atoms with Gasteiger partial charge in [-0.3, -0.25) is 4.79 Å². The average molecular weight is 246 g/mol. The summed E-state index contributed by atoms with van der Waals surface area (Å²) in [7, 11) is 0. The fraction of sp³-hybridized carbons (Fsp3) is 0.429. The number of H-pyrrole nitrogens is 1. The third kappa shape index (κ3) is 2.29. The fourth-order valence-corrected chi connectivity index (χ4v) is 2.10. The van der Waals surface area contributed by atoms with Gasteiger partial charge in [0.15, 0.2) is 5.78 Å². The molecule has 4 nitrogen and oxygen atoms in total. The molecule has 1 unspecified atom stereocenters. The lowest BCUT2D eigenvalue weighted by Crippen LogP contribution is -2.24. The van der Waals surface area contributed by atoms with Gasteiger partial charge in [0.05, 0.1) is 17.6 Å². The molecule has 0 saturated heterocycles. The Morgan fingerprint density at radius 2 is 2.17 bits per heavy atom. The number of carbonyl (C=O) groups excluding carboxylic acids is 1. The largest absolute Gasteiger partial charge is 0.396 e. The summed E-state index contributed by atoms with van der Waals surface area (Å²) in [4.78, 5) is 19.7. The predicted molar refractivity (Wildman–Crippen MR) is 70.6 cm³/mol. The van der Waals surface area contributed by atoms with Gasteiger partial charge in [-0.2, -0.15) is 0 Å². The van der Waals surface area contributed by atoms with E-state index >= 15 is 0 Å². The third-order valence-corrected chi connectivity index (χ3v) is 3.22. The van der Waals surface area contributed by atoms with Gasteiger partial charge in [0.2, 0.25) is 0 Å². The molecule has 18 heavy (non-hydrogen) atoms. The number of fused-ring (bicyclic) bond motifs is 1. The third-order valence-electron chi connectivity index (χ3n) is 3.22. The number of nitrogens with one attached hydrogen (secondary N) is 1. The molecule has 2 rings (SSSR count). The quantitative estimate of drug-likeness (QED) is 0.814. The maximum Gasteiger partial charge on any atom is 0.168 e. The van der Waals surface area contributed by atoms with Crippen LogP contribution < -0.4 is 0 Å². The zero-order valence-electron chi connectivity index (χ0n) is 10.9. The Labute approximate surface area is 106 Å². The van der Waals surface area contributed by atoms with E-state index in [2.05, 4.69) is 9.97 Å². The molecule has 1 aromatic heterocycles. The molecule has 0 radical (unpaired) electrons. The Hall–Kier alpha value is -1.68. The highest BCUT2D eigenvalue weighted by Gasteiger charge is 2.22. The Balaban J connectivity index is 2.38. The topological polar surface area (TPSA) is 66.0 Å². The molecule has 4 heteroatoms. The highest BCUT2D eigenvalue weighted by Crippen LogP contribution is 2.20. The molecule has 96 valence electrons. The SMILES string of the molecule is Cc1nc2ccc(C(=O)C(CO)C(C)C)cc2[nH]1. The van der Waals surface area contributed by atoms with Crippen molar-refractivity contribution >= 4 is 16.8 Å². The van der Waals surface area contributed by atoms with Crippen molar-refractivity contribution in [3.63, 3.8) is 0 Å². The highest BCUT2D eigenvalue weighted by atomic mass is 16.3. The van der Waals surface area contributed by atoms with Gasteiger partial charge in [0, 0.05) is 11.5 Å². The lowest BCUT2D eigenvalue weighted by atomic mass is 9.88. The number of aliphatic hydroxyl groups excluding tert-OH is 1. The lowest BCUT2D eigenvalue weighted by molar-refractivity contribution is 0.0807. The van der Waals surface area contributed by atoms with Crippen LogP contribution in [-0.4, -0.2) is 27.5 Å². The van der Waals surface area contributed by atoms with Crippen LogP contribution in [0.4, 0.5) is 0 Å². The Morgan fingerprint density at radius 3 is 2.78 bits per heavy atom. The van der Waals surface area contributed by atoms with Gasteiger partial charge >= 0.3 is 0 Å². The van der Waals surface area contributed by atoms with E-state index < -0.39 is 0 Å². The second-order valence-electron chi connectivity index (χ2n) is 4.95. The number of aromatic nitrogens is 2. The van der Waals surface area contributed by atoms with Crippen molar-refractivity contribution in [3.05, 3.63) is 29.6 Å². The molecule has 1 atom stereocenters. The van der Waals surface area contributed by atoms with E-state index in [1.807, 2.05) is 32.9 Å². The van der Waals surface area contributed by atoms with Gasteiger partial charge in [-0.05, 0) is 31.0 Å². The molecule has 2 N–H and O–H groups in total. The van der Waals surface area contributed by atoms with Crippen molar-refractivity contribution in [1.29, 1.82) is 0 Å². The molecule has 0 aliphatic heterocycles. The number of benzene rings is 1. The van der Waals surface area contributed by atoms with Gasteiger partial charge in [-0.15, -0.1) is 0 Å². The second kappa shape index (κ2) is 4.90. The first-order valence-electron chi connectivity index (χ1n) is 6.14. The standard InChI is InChI=1S/C14H18N2O2/c1-8(2)11(7-17)14(18)10-4-5-12-13(6-10)16-9(3)15-12/h4-6,8,11,17H,7H2,1-3H3,(H,15,16). The van der Waals surface area contributed by atoms with E-state index in [1.165, 1.54) is 0 Å². The lowest BCUT2D eigenvalue weighted by Gasteiger charge is -2.16. The number of carbonyl (C=O) groups is 1. The van der Waals surface area contributed by atoms with Crippen LogP contribution in [0.25, 0.3) is 11.0 Å². The summed E-state index contributed by atoms with van der Waals surface area (Å²) in [5, 5.41) is 9.30. The number of hydrogen-bond donors (Lipinski definition) is 2. The van der Waals surface area contributed by atoms with E-state index in [-0.39, 0.29) is 24.2 Å². The Bertz CT molecular complexity index is 572. The molecule has 0 amide bonds. The molecule has 1 aromatic carbocycles. The molecular weight excluding hydrogens is 228 g/mol. The summed E-state index contributed by atoms with van der Waals surface area (Å²) < 4.78 is 0. The van der Waals surface area contributed by atoms with Crippen LogP contribution in [0.5, 0.6) is 0 Å². The number of ketones is 1. The summed E-state index contributed by atoms with van der Waals surface area (Å²) >= 11 is 0. The monoisotopic (exact) mass is 246 g/mol. The van der Waals surface area contributed by atoms with E-state index in [1.54, 1.807) is 6.07 Å². The van der Waals surface area contributed by atoms with Crippen molar-refractivity contribution in [2.75, 3.05) is 6.61 Å². The van der Waals surface area contributed by atoms with Crippen molar-refractivity contribution in [3.8, 4) is 0 Å². The maximum atomic E-state index is 12.3. The first-order valence-corrected chi connectivity index (χ1v) is 6.14. The van der Waals surface area contributed by atoms with Crippen LogP contribution in [0.1, 0.15) is 30.0 Å². The maximum absolute atomic E-state index is 12.3. The number of aliphatic hydroxyl groups is 1.